The molecule has 0 saturated carbocycles. The average Bonchev–Trinajstić information content (AvgIpc) is 2.79. The first kappa shape index (κ1) is 11.6. The second kappa shape index (κ2) is 4.53. The molecule has 5 nitrogen and oxygen atoms in total. The molecule has 1 aromatic rings. The van der Waals surface area contributed by atoms with Crippen LogP contribution in [0.25, 0.3) is 0 Å². The maximum absolute atomic E-state index is 11.1. The molecule has 1 fully saturated rings. The van der Waals surface area contributed by atoms with E-state index in [4.69, 9.17) is 16.2 Å². The first-order valence-corrected chi connectivity index (χ1v) is 5.59. The number of carbonyl (C=O) groups is 1. The highest BCUT2D eigenvalue weighted by Gasteiger charge is 2.26. The zero-order valence-electron chi connectivity index (χ0n) is 9.85. The fraction of sp³-hybridized carbons (Fsp3) is 0.417. The van der Waals surface area contributed by atoms with Gasteiger partial charge in [0.2, 0.25) is 5.91 Å². The molecule has 1 aliphatic rings. The monoisotopic (exact) mass is 235 g/mol. The molecule has 1 saturated heterocycles. The highest BCUT2D eigenvalue weighted by atomic mass is 16.5. The Morgan fingerprint density at radius 2 is 2.29 bits per heavy atom. The minimum Gasteiger partial charge on any atom is -0.495 e. The lowest BCUT2D eigenvalue weighted by molar-refractivity contribution is -0.121. The SMILES string of the molecule is COc1cc(N2CCC(C(N)=O)C2)ccc1N. The molecule has 0 aromatic heterocycles. The van der Waals surface area contributed by atoms with Crippen LogP contribution in [0.5, 0.6) is 5.75 Å². The molecule has 0 aliphatic carbocycles. The maximum Gasteiger partial charge on any atom is 0.222 e. The van der Waals surface area contributed by atoms with Crippen molar-refractivity contribution >= 4 is 17.3 Å². The van der Waals surface area contributed by atoms with E-state index in [1.54, 1.807) is 7.11 Å². The van der Waals surface area contributed by atoms with Crippen LogP contribution in [0, 0.1) is 5.92 Å². The summed E-state index contributed by atoms with van der Waals surface area (Å²) in [5.41, 5.74) is 12.7. The topological polar surface area (TPSA) is 81.6 Å². The zero-order valence-corrected chi connectivity index (χ0v) is 9.85. The van der Waals surface area contributed by atoms with Crippen LogP contribution < -0.4 is 21.1 Å². The molecule has 92 valence electrons. The minimum absolute atomic E-state index is 0.0569. The van der Waals surface area contributed by atoms with Gasteiger partial charge in [-0.05, 0) is 18.6 Å². The molecule has 17 heavy (non-hydrogen) atoms. The van der Waals surface area contributed by atoms with Crippen LogP contribution in [0.4, 0.5) is 11.4 Å². The van der Waals surface area contributed by atoms with E-state index >= 15 is 0 Å². The van der Waals surface area contributed by atoms with Crippen molar-refractivity contribution in [2.24, 2.45) is 11.7 Å². The van der Waals surface area contributed by atoms with Crippen LogP contribution >= 0.6 is 0 Å². The molecule has 1 aromatic carbocycles. The fourth-order valence-corrected chi connectivity index (χ4v) is 2.12. The largest absolute Gasteiger partial charge is 0.495 e. The molecule has 0 spiro atoms. The van der Waals surface area contributed by atoms with E-state index in [1.165, 1.54) is 0 Å². The molecule has 1 heterocycles. The van der Waals surface area contributed by atoms with Gasteiger partial charge in [-0.3, -0.25) is 4.79 Å². The van der Waals surface area contributed by atoms with Gasteiger partial charge in [0, 0.05) is 24.8 Å². The number of nitrogen functional groups attached to an aromatic ring is 1. The smallest absolute Gasteiger partial charge is 0.222 e. The van der Waals surface area contributed by atoms with E-state index in [0.717, 1.165) is 18.7 Å². The Bertz CT molecular complexity index is 434. The predicted octanol–water partition coefficient (Wildman–Crippen LogP) is 0.589. The fourth-order valence-electron chi connectivity index (χ4n) is 2.12. The van der Waals surface area contributed by atoms with Crippen molar-refractivity contribution in [1.82, 2.24) is 0 Å². The second-order valence-electron chi connectivity index (χ2n) is 4.26. The first-order valence-electron chi connectivity index (χ1n) is 5.59. The van der Waals surface area contributed by atoms with Crippen LogP contribution in [0.3, 0.4) is 0 Å². The molecular formula is C12H17N3O2. The van der Waals surface area contributed by atoms with Crippen LogP contribution in [-0.4, -0.2) is 26.1 Å². The van der Waals surface area contributed by atoms with Gasteiger partial charge in [0.1, 0.15) is 5.75 Å². The van der Waals surface area contributed by atoms with E-state index < -0.39 is 0 Å². The molecule has 1 unspecified atom stereocenters. The van der Waals surface area contributed by atoms with E-state index in [-0.39, 0.29) is 11.8 Å². The maximum atomic E-state index is 11.1. The Labute approximate surface area is 100 Å². The Kier molecular flexibility index (Phi) is 3.08. The molecule has 2 rings (SSSR count). The Morgan fingerprint density at radius 3 is 2.88 bits per heavy atom. The summed E-state index contributed by atoms with van der Waals surface area (Å²) in [6, 6.07) is 5.63. The number of carbonyl (C=O) groups excluding carboxylic acids is 1. The molecule has 0 bridgehead atoms. The number of benzene rings is 1. The van der Waals surface area contributed by atoms with Gasteiger partial charge in [0.15, 0.2) is 0 Å². The summed E-state index contributed by atoms with van der Waals surface area (Å²) in [5, 5.41) is 0. The third-order valence-electron chi connectivity index (χ3n) is 3.17. The van der Waals surface area contributed by atoms with Crippen molar-refractivity contribution in [3.63, 3.8) is 0 Å². The lowest BCUT2D eigenvalue weighted by Gasteiger charge is -2.19. The van der Waals surface area contributed by atoms with Crippen molar-refractivity contribution in [1.29, 1.82) is 0 Å². The highest BCUT2D eigenvalue weighted by molar-refractivity contribution is 5.78. The summed E-state index contributed by atoms with van der Waals surface area (Å²) >= 11 is 0. The lowest BCUT2D eigenvalue weighted by Crippen LogP contribution is -2.27. The minimum atomic E-state index is -0.227. The van der Waals surface area contributed by atoms with Crippen LogP contribution in [-0.2, 0) is 4.79 Å². The lowest BCUT2D eigenvalue weighted by atomic mass is 10.1. The van der Waals surface area contributed by atoms with E-state index in [2.05, 4.69) is 4.90 Å². The molecule has 0 radical (unpaired) electrons. The quantitative estimate of drug-likeness (QED) is 0.751. The Balaban J connectivity index is 2.16. The van der Waals surface area contributed by atoms with Gasteiger partial charge in [0.05, 0.1) is 18.7 Å². The Morgan fingerprint density at radius 1 is 1.53 bits per heavy atom. The van der Waals surface area contributed by atoms with Crippen LogP contribution in [0.2, 0.25) is 0 Å². The summed E-state index contributed by atoms with van der Waals surface area (Å²) in [6.07, 6.45) is 0.808. The van der Waals surface area contributed by atoms with Crippen molar-refractivity contribution in [3.05, 3.63) is 18.2 Å². The highest BCUT2D eigenvalue weighted by Crippen LogP contribution is 2.30. The van der Waals surface area contributed by atoms with E-state index in [1.807, 2.05) is 18.2 Å². The van der Waals surface area contributed by atoms with Crippen molar-refractivity contribution in [2.75, 3.05) is 30.8 Å². The summed E-state index contributed by atoms with van der Waals surface area (Å²) in [4.78, 5) is 13.2. The van der Waals surface area contributed by atoms with Gasteiger partial charge >= 0.3 is 0 Å². The zero-order chi connectivity index (χ0) is 12.4. The number of rotatable bonds is 3. The molecule has 5 heteroatoms. The molecule has 1 amide bonds. The summed E-state index contributed by atoms with van der Waals surface area (Å²) < 4.78 is 5.18. The third-order valence-corrected chi connectivity index (χ3v) is 3.17. The molecule has 4 N–H and O–H groups in total. The standard InChI is InChI=1S/C12H17N3O2/c1-17-11-6-9(2-3-10(11)13)15-5-4-8(7-15)12(14)16/h2-3,6,8H,4-5,7,13H2,1H3,(H2,14,16). The number of hydrogen-bond acceptors (Lipinski definition) is 4. The normalized spacial score (nSPS) is 19.4. The van der Waals surface area contributed by atoms with Crippen molar-refractivity contribution < 1.29 is 9.53 Å². The third kappa shape index (κ3) is 2.27. The van der Waals surface area contributed by atoms with Crippen molar-refractivity contribution in [2.45, 2.75) is 6.42 Å². The number of ether oxygens (including phenoxy) is 1. The summed E-state index contributed by atoms with van der Waals surface area (Å²) in [7, 11) is 1.59. The number of amides is 1. The molecular weight excluding hydrogens is 218 g/mol. The first-order chi connectivity index (χ1) is 8.11. The number of methoxy groups -OCH3 is 1. The molecule has 1 aliphatic heterocycles. The predicted molar refractivity (Wildman–Crippen MR) is 66.9 cm³/mol. The van der Waals surface area contributed by atoms with Gasteiger partial charge in [-0.15, -0.1) is 0 Å². The Hall–Kier alpha value is -1.91. The van der Waals surface area contributed by atoms with Crippen LogP contribution in [0.15, 0.2) is 18.2 Å². The van der Waals surface area contributed by atoms with Crippen molar-refractivity contribution in [3.8, 4) is 5.75 Å². The number of nitrogens with zero attached hydrogens (tertiary/aromatic N) is 1. The number of primary amides is 1. The number of nitrogens with two attached hydrogens (primary N) is 2. The second-order valence-corrected chi connectivity index (χ2v) is 4.26. The van der Waals surface area contributed by atoms with Gasteiger partial charge in [-0.25, -0.2) is 0 Å². The number of hydrogen-bond donors (Lipinski definition) is 2. The van der Waals surface area contributed by atoms with Gasteiger partial charge in [-0.1, -0.05) is 0 Å². The summed E-state index contributed by atoms with van der Waals surface area (Å²) in [5.74, 6) is 0.374. The van der Waals surface area contributed by atoms with E-state index in [0.29, 0.717) is 18.0 Å². The van der Waals surface area contributed by atoms with Gasteiger partial charge < -0.3 is 21.1 Å². The average molecular weight is 235 g/mol. The van der Waals surface area contributed by atoms with E-state index in [9.17, 15) is 4.79 Å². The number of anilines is 2. The summed E-state index contributed by atoms with van der Waals surface area (Å²) in [6.45, 7) is 1.50. The van der Waals surface area contributed by atoms with Crippen LogP contribution in [0.1, 0.15) is 6.42 Å². The van der Waals surface area contributed by atoms with Gasteiger partial charge in [0.25, 0.3) is 0 Å². The molecule has 1 atom stereocenters. The van der Waals surface area contributed by atoms with Gasteiger partial charge in [-0.2, -0.15) is 0 Å².